The Morgan fingerprint density at radius 1 is 0.909 bits per heavy atom. The van der Waals surface area contributed by atoms with E-state index in [0.29, 0.717) is 22.3 Å². The number of nitrogens with one attached hydrogen (secondary N) is 1. The summed E-state index contributed by atoms with van der Waals surface area (Å²) in [6, 6.07) is 26.9. The molecule has 1 heterocycles. The molecule has 1 N–H and O–H groups in total. The quantitative estimate of drug-likeness (QED) is 0.350. The first-order valence-electron chi connectivity index (χ1n) is 10.4. The first-order valence-corrected chi connectivity index (χ1v) is 11.4. The Bertz CT molecular complexity index is 1350. The molecule has 1 aliphatic carbocycles. The van der Waals surface area contributed by atoms with Crippen LogP contribution in [-0.2, 0) is 4.79 Å². The van der Waals surface area contributed by atoms with Gasteiger partial charge in [-0.1, -0.05) is 84.6 Å². The molecular weight excluding hydrogens is 434 g/mol. The van der Waals surface area contributed by atoms with Gasteiger partial charge in [0.15, 0.2) is 16.8 Å². The normalized spacial score (nSPS) is 13.8. The lowest BCUT2D eigenvalue weighted by Gasteiger charge is -2.10. The minimum atomic E-state index is -0.284. The fourth-order valence-corrected chi connectivity index (χ4v) is 4.40. The molecule has 0 atom stereocenters. The van der Waals surface area contributed by atoms with Crippen molar-refractivity contribution in [1.82, 2.24) is 20.2 Å². The Kier molecular flexibility index (Phi) is 5.82. The SMILES string of the molecule is O=C(CSc1nnc(-c2ccccc2)n1-c1ccccc1)N/N=C1\CC(=O)c2ccccc21. The van der Waals surface area contributed by atoms with Crippen LogP contribution in [0.5, 0.6) is 0 Å². The average molecular weight is 454 g/mol. The maximum Gasteiger partial charge on any atom is 0.250 e. The first kappa shape index (κ1) is 20.8. The van der Waals surface area contributed by atoms with E-state index in [0.717, 1.165) is 16.8 Å². The highest BCUT2D eigenvalue weighted by molar-refractivity contribution is 7.99. The molecule has 0 aliphatic heterocycles. The van der Waals surface area contributed by atoms with E-state index in [-0.39, 0.29) is 23.9 Å². The van der Waals surface area contributed by atoms with Crippen LogP contribution in [0.15, 0.2) is 95.2 Å². The molecule has 0 bridgehead atoms. The number of carbonyl (C=O) groups is 2. The number of hydrogen-bond donors (Lipinski definition) is 1. The average Bonchev–Trinajstić information content (AvgIpc) is 3.44. The molecule has 4 aromatic rings. The molecule has 0 fully saturated rings. The van der Waals surface area contributed by atoms with Crippen molar-refractivity contribution in [1.29, 1.82) is 0 Å². The third kappa shape index (κ3) is 4.33. The van der Waals surface area contributed by atoms with Crippen molar-refractivity contribution in [2.24, 2.45) is 5.10 Å². The summed E-state index contributed by atoms with van der Waals surface area (Å²) >= 11 is 1.28. The van der Waals surface area contributed by atoms with Gasteiger partial charge in [-0.2, -0.15) is 5.10 Å². The molecule has 0 saturated heterocycles. The number of Topliss-reactive ketones (excluding diaryl/α,β-unsaturated/α-hetero) is 1. The van der Waals surface area contributed by atoms with Crippen LogP contribution < -0.4 is 5.43 Å². The van der Waals surface area contributed by atoms with Crippen molar-refractivity contribution in [3.63, 3.8) is 0 Å². The van der Waals surface area contributed by atoms with Crippen LogP contribution in [0.2, 0.25) is 0 Å². The van der Waals surface area contributed by atoms with Gasteiger partial charge in [0.25, 0.3) is 5.91 Å². The zero-order chi connectivity index (χ0) is 22.6. The van der Waals surface area contributed by atoms with E-state index in [4.69, 9.17) is 0 Å². The van der Waals surface area contributed by atoms with Crippen LogP contribution in [0.3, 0.4) is 0 Å². The molecule has 0 unspecified atom stereocenters. The zero-order valence-corrected chi connectivity index (χ0v) is 18.3. The van der Waals surface area contributed by atoms with E-state index in [1.807, 2.05) is 83.4 Å². The predicted octanol–water partition coefficient (Wildman–Crippen LogP) is 4.13. The van der Waals surface area contributed by atoms with E-state index in [2.05, 4.69) is 20.7 Å². The van der Waals surface area contributed by atoms with Crippen molar-refractivity contribution in [3.05, 3.63) is 96.1 Å². The highest BCUT2D eigenvalue weighted by Gasteiger charge is 2.25. The van der Waals surface area contributed by atoms with E-state index in [1.54, 1.807) is 6.07 Å². The Morgan fingerprint density at radius 3 is 2.33 bits per heavy atom. The second kappa shape index (κ2) is 9.22. The Morgan fingerprint density at radius 2 is 1.58 bits per heavy atom. The van der Waals surface area contributed by atoms with Crippen LogP contribution >= 0.6 is 11.8 Å². The number of aromatic nitrogens is 3. The van der Waals surface area contributed by atoms with Gasteiger partial charge >= 0.3 is 0 Å². The summed E-state index contributed by atoms with van der Waals surface area (Å²) in [5, 5.41) is 13.5. The number of fused-ring (bicyclic) bond motifs is 1. The zero-order valence-electron chi connectivity index (χ0n) is 17.5. The molecule has 1 aromatic heterocycles. The topological polar surface area (TPSA) is 89.2 Å². The molecule has 1 amide bonds. The van der Waals surface area contributed by atoms with E-state index in [1.165, 1.54) is 11.8 Å². The number of carbonyl (C=O) groups excluding carboxylic acids is 2. The summed E-state index contributed by atoms with van der Waals surface area (Å²) in [6.07, 6.45) is 0.190. The summed E-state index contributed by atoms with van der Waals surface area (Å²) in [5.74, 6) is 0.531. The van der Waals surface area contributed by atoms with Crippen LogP contribution in [0.4, 0.5) is 0 Å². The van der Waals surface area contributed by atoms with Gasteiger partial charge in [-0.05, 0) is 12.1 Å². The number of ketones is 1. The standard InChI is InChI=1S/C25H19N5O2S/c31-22-15-21(19-13-7-8-14-20(19)22)26-27-23(32)16-33-25-29-28-24(17-9-3-1-4-10-17)30(25)18-11-5-2-6-12-18/h1-14H,15-16H2,(H,27,32)/b26-21+. The lowest BCUT2D eigenvalue weighted by atomic mass is 10.1. The second-order valence-electron chi connectivity index (χ2n) is 7.37. The second-order valence-corrected chi connectivity index (χ2v) is 8.31. The van der Waals surface area contributed by atoms with E-state index >= 15 is 0 Å². The highest BCUT2D eigenvalue weighted by atomic mass is 32.2. The Hall–Kier alpha value is -4.04. The van der Waals surface area contributed by atoms with Gasteiger partial charge in [-0.25, -0.2) is 5.43 Å². The number of rotatable bonds is 6. The summed E-state index contributed by atoms with van der Waals surface area (Å²) in [5.41, 5.74) is 6.40. The van der Waals surface area contributed by atoms with Crippen LogP contribution in [0.1, 0.15) is 22.3 Å². The number of hydrogen-bond acceptors (Lipinski definition) is 6. The lowest BCUT2D eigenvalue weighted by Crippen LogP contribution is -2.21. The van der Waals surface area contributed by atoms with Gasteiger partial charge in [0.1, 0.15) is 0 Å². The van der Waals surface area contributed by atoms with Crippen LogP contribution in [0.25, 0.3) is 17.1 Å². The van der Waals surface area contributed by atoms with Gasteiger partial charge < -0.3 is 0 Å². The number of benzene rings is 3. The molecule has 5 rings (SSSR count). The number of nitrogens with zero attached hydrogens (tertiary/aromatic N) is 4. The molecule has 1 aliphatic rings. The van der Waals surface area contributed by atoms with Gasteiger partial charge in [0.05, 0.1) is 17.9 Å². The van der Waals surface area contributed by atoms with E-state index < -0.39 is 0 Å². The molecule has 162 valence electrons. The largest absolute Gasteiger partial charge is 0.294 e. The molecule has 33 heavy (non-hydrogen) atoms. The van der Waals surface area contributed by atoms with Crippen LogP contribution in [-0.4, -0.2) is 37.9 Å². The maximum absolute atomic E-state index is 12.5. The van der Waals surface area contributed by atoms with Crippen molar-refractivity contribution < 1.29 is 9.59 Å². The van der Waals surface area contributed by atoms with Gasteiger partial charge in [0, 0.05) is 22.4 Å². The fraction of sp³-hybridized carbons (Fsp3) is 0.0800. The Labute approximate surface area is 194 Å². The smallest absolute Gasteiger partial charge is 0.250 e. The highest BCUT2D eigenvalue weighted by Crippen LogP contribution is 2.28. The molecular formula is C25H19N5O2S. The van der Waals surface area contributed by atoms with Crippen molar-refractivity contribution in [3.8, 4) is 17.1 Å². The molecule has 7 nitrogen and oxygen atoms in total. The first-order chi connectivity index (χ1) is 16.2. The monoisotopic (exact) mass is 453 g/mol. The molecule has 0 spiro atoms. The van der Waals surface area contributed by atoms with Gasteiger partial charge in [0.2, 0.25) is 0 Å². The van der Waals surface area contributed by atoms with Gasteiger partial charge in [-0.15, -0.1) is 10.2 Å². The molecule has 3 aromatic carbocycles. The number of hydrazone groups is 1. The minimum Gasteiger partial charge on any atom is -0.294 e. The molecule has 0 saturated carbocycles. The van der Waals surface area contributed by atoms with Gasteiger partial charge in [-0.3, -0.25) is 14.2 Å². The lowest BCUT2D eigenvalue weighted by molar-refractivity contribution is -0.118. The summed E-state index contributed by atoms with van der Waals surface area (Å²) in [4.78, 5) is 24.6. The third-order valence-electron chi connectivity index (χ3n) is 5.19. The third-order valence-corrected chi connectivity index (χ3v) is 6.12. The summed E-state index contributed by atoms with van der Waals surface area (Å²) < 4.78 is 1.94. The van der Waals surface area contributed by atoms with Crippen LogP contribution in [0, 0.1) is 0 Å². The van der Waals surface area contributed by atoms with Crippen molar-refractivity contribution in [2.45, 2.75) is 11.6 Å². The predicted molar refractivity (Wildman–Crippen MR) is 128 cm³/mol. The number of amides is 1. The summed E-state index contributed by atoms with van der Waals surface area (Å²) in [7, 11) is 0. The van der Waals surface area contributed by atoms with Crippen molar-refractivity contribution >= 4 is 29.2 Å². The molecule has 0 radical (unpaired) electrons. The number of para-hydroxylation sites is 1. The summed E-state index contributed by atoms with van der Waals surface area (Å²) in [6.45, 7) is 0. The fourth-order valence-electron chi connectivity index (χ4n) is 3.66. The number of thioether (sulfide) groups is 1. The molecule has 8 heteroatoms. The minimum absolute atomic E-state index is 0.0115. The van der Waals surface area contributed by atoms with E-state index in [9.17, 15) is 9.59 Å². The Balaban J connectivity index is 1.34. The van der Waals surface area contributed by atoms with Crippen molar-refractivity contribution in [2.75, 3.05) is 5.75 Å². The maximum atomic E-state index is 12.5.